The zero-order chi connectivity index (χ0) is 18.2. The second-order valence-corrected chi connectivity index (χ2v) is 7.26. The van der Waals surface area contributed by atoms with Crippen LogP contribution in [0.25, 0.3) is 11.1 Å². The molecule has 0 radical (unpaired) electrons. The Kier molecular flexibility index (Phi) is 3.93. The summed E-state index contributed by atoms with van der Waals surface area (Å²) in [5.74, 6) is 0.0702. The molecule has 0 spiro atoms. The number of anilines is 1. The molecule has 1 amide bonds. The molecule has 0 N–H and O–H groups in total. The zero-order valence-electron chi connectivity index (χ0n) is 15.2. The number of benzene rings is 3. The van der Waals surface area contributed by atoms with E-state index in [1.165, 1.54) is 16.8 Å². The van der Waals surface area contributed by atoms with Crippen LogP contribution in [0.15, 0.2) is 78.9 Å². The van der Waals surface area contributed by atoms with Crippen molar-refractivity contribution in [3.05, 3.63) is 90.0 Å². The van der Waals surface area contributed by atoms with E-state index < -0.39 is 0 Å². The molecule has 0 unspecified atom stereocenters. The Labute approximate surface area is 159 Å². The molecule has 3 heteroatoms. The van der Waals surface area contributed by atoms with E-state index in [2.05, 4.69) is 65.6 Å². The fourth-order valence-corrected chi connectivity index (χ4v) is 4.43. The quantitative estimate of drug-likeness (QED) is 0.690. The van der Waals surface area contributed by atoms with Crippen molar-refractivity contribution in [2.24, 2.45) is 0 Å². The smallest absolute Gasteiger partial charge is 0.234 e. The van der Waals surface area contributed by atoms with Crippen LogP contribution in [-0.2, 0) is 4.79 Å². The van der Waals surface area contributed by atoms with Crippen LogP contribution in [0, 0.1) is 0 Å². The summed E-state index contributed by atoms with van der Waals surface area (Å²) in [6.45, 7) is 3.31. The first-order valence-corrected chi connectivity index (χ1v) is 9.60. The van der Waals surface area contributed by atoms with Gasteiger partial charge in [0.05, 0.1) is 5.92 Å². The van der Waals surface area contributed by atoms with Gasteiger partial charge < -0.3 is 9.80 Å². The molecule has 0 atom stereocenters. The van der Waals surface area contributed by atoms with Gasteiger partial charge in [-0.25, -0.2) is 0 Å². The topological polar surface area (TPSA) is 23.6 Å². The molecule has 1 saturated heterocycles. The van der Waals surface area contributed by atoms with Gasteiger partial charge in [0.1, 0.15) is 0 Å². The van der Waals surface area contributed by atoms with Crippen LogP contribution < -0.4 is 4.90 Å². The lowest BCUT2D eigenvalue weighted by molar-refractivity contribution is -0.132. The Bertz CT molecular complexity index is 929. The summed E-state index contributed by atoms with van der Waals surface area (Å²) in [4.78, 5) is 17.9. The third-order valence-corrected chi connectivity index (χ3v) is 5.79. The first kappa shape index (κ1) is 16.1. The lowest BCUT2D eigenvalue weighted by atomic mass is 9.95. The third kappa shape index (κ3) is 2.71. The van der Waals surface area contributed by atoms with Crippen molar-refractivity contribution >= 4 is 11.6 Å². The summed E-state index contributed by atoms with van der Waals surface area (Å²) in [6, 6.07) is 27.1. The summed E-state index contributed by atoms with van der Waals surface area (Å²) < 4.78 is 0. The number of hydrogen-bond donors (Lipinski definition) is 0. The summed E-state index contributed by atoms with van der Waals surface area (Å²) in [5.41, 5.74) is 5.94. The molecule has 1 aliphatic carbocycles. The van der Waals surface area contributed by atoms with Crippen molar-refractivity contribution in [3.8, 4) is 11.1 Å². The fraction of sp³-hybridized carbons (Fsp3) is 0.208. The van der Waals surface area contributed by atoms with Gasteiger partial charge in [0.15, 0.2) is 0 Å². The highest BCUT2D eigenvalue weighted by molar-refractivity contribution is 5.96. The van der Waals surface area contributed by atoms with Crippen molar-refractivity contribution in [1.82, 2.24) is 4.90 Å². The van der Waals surface area contributed by atoms with E-state index in [9.17, 15) is 4.79 Å². The maximum Gasteiger partial charge on any atom is 0.234 e. The Morgan fingerprint density at radius 1 is 0.667 bits per heavy atom. The molecule has 3 nitrogen and oxygen atoms in total. The average molecular weight is 354 g/mol. The van der Waals surface area contributed by atoms with Gasteiger partial charge in [0.25, 0.3) is 0 Å². The van der Waals surface area contributed by atoms with Gasteiger partial charge in [-0.3, -0.25) is 4.79 Å². The lowest BCUT2D eigenvalue weighted by Crippen LogP contribution is -2.50. The largest absolute Gasteiger partial charge is 0.368 e. The van der Waals surface area contributed by atoms with Gasteiger partial charge in [-0.1, -0.05) is 66.7 Å². The Balaban J connectivity index is 1.39. The second-order valence-electron chi connectivity index (χ2n) is 7.26. The standard InChI is InChI=1S/C24H22N2O/c27-24(26-16-14-25(15-17-26)18-8-2-1-3-9-18)23-21-12-6-4-10-19(21)20-11-5-7-13-22(20)23/h1-13,23H,14-17H2. The summed E-state index contributed by atoms with van der Waals surface area (Å²) in [6.07, 6.45) is 0. The van der Waals surface area contributed by atoms with Crippen LogP contribution in [0.1, 0.15) is 17.0 Å². The molecule has 0 bridgehead atoms. The molecule has 3 aromatic rings. The van der Waals surface area contributed by atoms with E-state index in [0.29, 0.717) is 0 Å². The van der Waals surface area contributed by atoms with E-state index in [1.54, 1.807) is 0 Å². The first-order chi connectivity index (χ1) is 13.3. The van der Waals surface area contributed by atoms with Gasteiger partial charge in [-0.15, -0.1) is 0 Å². The van der Waals surface area contributed by atoms with Gasteiger partial charge in [0, 0.05) is 31.9 Å². The molecule has 0 aromatic heterocycles. The normalized spacial score (nSPS) is 16.1. The van der Waals surface area contributed by atoms with E-state index in [4.69, 9.17) is 0 Å². The number of piperazine rings is 1. The van der Waals surface area contributed by atoms with Crippen molar-refractivity contribution in [3.63, 3.8) is 0 Å². The highest BCUT2D eigenvalue weighted by atomic mass is 16.2. The minimum absolute atomic E-state index is 0.166. The monoisotopic (exact) mass is 354 g/mol. The number of hydrogen-bond acceptors (Lipinski definition) is 2. The van der Waals surface area contributed by atoms with Gasteiger partial charge >= 0.3 is 0 Å². The van der Waals surface area contributed by atoms with Crippen LogP contribution in [0.4, 0.5) is 5.69 Å². The maximum atomic E-state index is 13.5. The molecular formula is C24H22N2O. The molecule has 5 rings (SSSR count). The van der Waals surface area contributed by atoms with E-state index in [-0.39, 0.29) is 11.8 Å². The highest BCUT2D eigenvalue weighted by Gasteiger charge is 2.36. The number of para-hydroxylation sites is 1. The molecule has 134 valence electrons. The van der Waals surface area contributed by atoms with E-state index >= 15 is 0 Å². The second kappa shape index (κ2) is 6.58. The summed E-state index contributed by atoms with van der Waals surface area (Å²) in [5, 5.41) is 0. The maximum absolute atomic E-state index is 13.5. The third-order valence-electron chi connectivity index (χ3n) is 5.79. The van der Waals surface area contributed by atoms with E-state index in [1.807, 2.05) is 23.1 Å². The summed E-state index contributed by atoms with van der Waals surface area (Å²) in [7, 11) is 0. The highest BCUT2D eigenvalue weighted by Crippen LogP contribution is 2.45. The van der Waals surface area contributed by atoms with Crippen molar-refractivity contribution in [2.45, 2.75) is 5.92 Å². The predicted molar refractivity (Wildman–Crippen MR) is 109 cm³/mol. The van der Waals surface area contributed by atoms with E-state index in [0.717, 1.165) is 37.3 Å². The van der Waals surface area contributed by atoms with Gasteiger partial charge in [0.2, 0.25) is 5.91 Å². The Morgan fingerprint density at radius 3 is 1.78 bits per heavy atom. The number of rotatable bonds is 2. The molecular weight excluding hydrogens is 332 g/mol. The molecule has 1 aliphatic heterocycles. The Morgan fingerprint density at radius 2 is 1.19 bits per heavy atom. The molecule has 27 heavy (non-hydrogen) atoms. The van der Waals surface area contributed by atoms with Gasteiger partial charge in [-0.05, 0) is 34.4 Å². The molecule has 3 aromatic carbocycles. The van der Waals surface area contributed by atoms with Crippen LogP contribution in [-0.4, -0.2) is 37.0 Å². The number of amides is 1. The lowest BCUT2D eigenvalue weighted by Gasteiger charge is -2.37. The molecule has 1 heterocycles. The fourth-order valence-electron chi connectivity index (χ4n) is 4.43. The number of carbonyl (C=O) groups excluding carboxylic acids is 1. The number of fused-ring (bicyclic) bond motifs is 3. The SMILES string of the molecule is O=C(C1c2ccccc2-c2ccccc21)N1CCN(c2ccccc2)CC1. The van der Waals surface area contributed by atoms with Crippen LogP contribution in [0.2, 0.25) is 0 Å². The average Bonchev–Trinajstić information content (AvgIpc) is 3.08. The minimum atomic E-state index is -0.166. The molecule has 2 aliphatic rings. The first-order valence-electron chi connectivity index (χ1n) is 9.60. The van der Waals surface area contributed by atoms with Crippen molar-refractivity contribution < 1.29 is 4.79 Å². The summed E-state index contributed by atoms with van der Waals surface area (Å²) >= 11 is 0. The van der Waals surface area contributed by atoms with Crippen molar-refractivity contribution in [1.29, 1.82) is 0 Å². The minimum Gasteiger partial charge on any atom is -0.368 e. The van der Waals surface area contributed by atoms with Crippen LogP contribution >= 0.6 is 0 Å². The van der Waals surface area contributed by atoms with Crippen LogP contribution in [0.3, 0.4) is 0 Å². The predicted octanol–water partition coefficient (Wildman–Crippen LogP) is 4.15. The number of carbonyl (C=O) groups is 1. The van der Waals surface area contributed by atoms with Crippen molar-refractivity contribution in [2.75, 3.05) is 31.1 Å². The Hall–Kier alpha value is -3.07. The zero-order valence-corrected chi connectivity index (χ0v) is 15.2. The molecule has 0 saturated carbocycles. The molecule has 1 fully saturated rings. The van der Waals surface area contributed by atoms with Crippen LogP contribution in [0.5, 0.6) is 0 Å². The number of nitrogens with zero attached hydrogens (tertiary/aromatic N) is 2. The van der Waals surface area contributed by atoms with Gasteiger partial charge in [-0.2, -0.15) is 0 Å².